The van der Waals surface area contributed by atoms with E-state index in [-0.39, 0.29) is 22.4 Å². The zero-order chi connectivity index (χ0) is 45.6. The van der Waals surface area contributed by atoms with E-state index in [2.05, 4.69) is 54.0 Å². The number of benzene rings is 3. The van der Waals surface area contributed by atoms with Crippen molar-refractivity contribution in [2.45, 2.75) is 38.0 Å². The summed E-state index contributed by atoms with van der Waals surface area (Å²) in [4.78, 5) is 37.3. The van der Waals surface area contributed by atoms with Gasteiger partial charge in [0.2, 0.25) is 0 Å². The molecule has 13 nitrogen and oxygen atoms in total. The topological polar surface area (TPSA) is 163 Å². The van der Waals surface area contributed by atoms with Gasteiger partial charge in [-0.05, 0) is 60.1 Å². The van der Waals surface area contributed by atoms with Crippen LogP contribution in [0.3, 0.4) is 0 Å². The molecule has 6 aromatic rings. The Kier molecular flexibility index (Phi) is 14.0. The summed E-state index contributed by atoms with van der Waals surface area (Å²) >= 11 is 5.29. The molecule has 0 saturated carbocycles. The predicted octanol–water partition coefficient (Wildman–Crippen LogP) is 7.23. The van der Waals surface area contributed by atoms with Crippen LogP contribution >= 0.6 is 11.6 Å². The third kappa shape index (κ3) is 11.5. The van der Waals surface area contributed by atoms with Crippen LogP contribution in [0.1, 0.15) is 49.0 Å². The van der Waals surface area contributed by atoms with E-state index < -0.39 is 52.9 Å². The number of nitrogens with zero attached hydrogens (tertiary/aromatic N) is 4. The van der Waals surface area contributed by atoms with Gasteiger partial charge in [-0.15, -0.1) is 0 Å². The number of H-pyrrole nitrogens is 1. The Balaban J connectivity index is 1.01. The first-order valence-corrected chi connectivity index (χ1v) is 25.2. The van der Waals surface area contributed by atoms with Crippen LogP contribution in [0.4, 0.5) is 17.1 Å². The first kappa shape index (κ1) is 45.6. The molecule has 1 saturated heterocycles. The maximum absolute atomic E-state index is 14.0. The van der Waals surface area contributed by atoms with Gasteiger partial charge >= 0.3 is 212 Å². The third-order valence-electron chi connectivity index (χ3n) is 11.5. The molecule has 3 N–H and O–H groups in total. The number of halogens is 2. The molecule has 0 atom stereocenters. The zero-order valence-corrected chi connectivity index (χ0v) is 39.6. The normalized spacial score (nSPS) is 15.3. The van der Waals surface area contributed by atoms with E-state index in [1.165, 1.54) is 35.0 Å². The summed E-state index contributed by atoms with van der Waals surface area (Å²) in [6.07, 6.45) is 6.47. The Labute approximate surface area is 394 Å². The van der Waals surface area contributed by atoms with Crippen molar-refractivity contribution < 1.29 is 44.4 Å². The molecule has 0 radical (unpaired) electrons. The number of pyridine rings is 1. The number of nitro benzene ring substituents is 1. The Bertz CT molecular complexity index is 2910. The van der Waals surface area contributed by atoms with Crippen LogP contribution in [-0.2, 0) is 10.0 Å². The molecule has 1 amide bonds. The molecule has 4 aromatic carbocycles. The van der Waals surface area contributed by atoms with Crippen LogP contribution in [0.2, 0.25) is 5.02 Å². The molecule has 2 aromatic heterocycles. The van der Waals surface area contributed by atoms with E-state index in [1.807, 2.05) is 72.8 Å². The van der Waals surface area contributed by atoms with E-state index in [0.29, 0.717) is 11.4 Å². The Morgan fingerprint density at radius 3 is 2.37 bits per heavy atom. The van der Waals surface area contributed by atoms with Crippen molar-refractivity contribution in [2.75, 3.05) is 41.2 Å². The standard InChI is InChI=1S/C49H48ClIN7O6S/c1-49(2)22-20-36(43(31-49)34-12-14-37(50)15-13-34)33-56-24-26-57(27-25-56)39-16-18-42(46(29-39)64-40-28-35-21-23-52-47(35)53-32-40)48(59)55-65(62,63)41-17-19-44(45(30-41)58(60)61)54-51-38-10-8-6-4-3-5-7-9-11-38/h3-19,21,23,28-30,32,54H,20,22,24-27,31,33H2,1-2H3,(H,52,53)(H,55,59)/q-1. The number of aromatic amines is 1. The fraction of sp³-hybridized carbons (Fsp3) is 0.224. The first-order valence-electron chi connectivity index (χ1n) is 21.1. The molecule has 8 rings (SSSR count). The van der Waals surface area contributed by atoms with Crippen LogP contribution in [-0.4, -0.2) is 66.8 Å². The van der Waals surface area contributed by atoms with Crippen LogP contribution in [0.15, 0.2) is 150 Å². The number of carbonyl (C=O) groups is 1. The molecule has 65 heavy (non-hydrogen) atoms. The summed E-state index contributed by atoms with van der Waals surface area (Å²) in [5.74, 6) is -0.495. The van der Waals surface area contributed by atoms with Gasteiger partial charge in [0.25, 0.3) is 0 Å². The number of hydrogen-bond acceptors (Lipinski definition) is 10. The SMILES string of the molecule is CC1(C)CCC(CN2CCN(c3ccc(C(=O)NS(=O)(=O)c4ccc(N[I-]c5ccccccccc5)c([N+](=O)[O-])c4)c(Oc4cnc5[nH]ccc5c4)c3)CC2)=C(c2ccc(Cl)cc2)C1. The second-order valence-corrected chi connectivity index (χ2v) is 21.1. The van der Waals surface area contributed by atoms with Crippen LogP contribution in [0, 0.1) is 19.1 Å². The van der Waals surface area contributed by atoms with Gasteiger partial charge in [-0.1, -0.05) is 43.2 Å². The quantitative estimate of drug-likeness (QED) is 0.0466. The maximum Gasteiger partial charge on any atom is 0.0406 e. The molecular weight excluding hydrogens is 977 g/mol. The minimum Gasteiger partial charge on any atom is -0.0843 e. The molecule has 1 aliphatic carbocycles. The summed E-state index contributed by atoms with van der Waals surface area (Å²) in [5.41, 5.74) is 5.46. The number of nitrogens with one attached hydrogen (secondary N) is 3. The number of piperazine rings is 1. The zero-order valence-electron chi connectivity index (χ0n) is 35.8. The van der Waals surface area contributed by atoms with Gasteiger partial charge in [-0.3, -0.25) is 4.90 Å². The molecule has 0 bridgehead atoms. The van der Waals surface area contributed by atoms with Crippen molar-refractivity contribution in [1.29, 1.82) is 0 Å². The van der Waals surface area contributed by atoms with Crippen LogP contribution in [0.5, 0.6) is 11.5 Å². The summed E-state index contributed by atoms with van der Waals surface area (Å²) < 4.78 is 40.1. The maximum atomic E-state index is 14.0. The van der Waals surface area contributed by atoms with Crippen molar-refractivity contribution in [3.05, 3.63) is 175 Å². The molecule has 0 unspecified atom stereocenters. The van der Waals surface area contributed by atoms with Crippen LogP contribution < -0.4 is 39.4 Å². The van der Waals surface area contributed by atoms with Crippen molar-refractivity contribution in [1.82, 2.24) is 19.6 Å². The van der Waals surface area contributed by atoms with E-state index in [9.17, 15) is 23.3 Å². The van der Waals surface area contributed by atoms with Crippen LogP contribution in [0.25, 0.3) is 16.6 Å². The molecule has 1 fully saturated rings. The third-order valence-corrected chi connectivity index (χ3v) is 15.3. The fourth-order valence-corrected chi connectivity index (χ4v) is 10.9. The van der Waals surface area contributed by atoms with E-state index >= 15 is 0 Å². The number of rotatable bonds is 13. The number of aromatic nitrogens is 2. The van der Waals surface area contributed by atoms with Gasteiger partial charge < -0.3 is 9.88 Å². The van der Waals surface area contributed by atoms with E-state index in [0.717, 1.165) is 77.7 Å². The number of ether oxygens (including phenoxy) is 1. The minimum absolute atomic E-state index is 0.0454. The summed E-state index contributed by atoms with van der Waals surface area (Å²) in [6.45, 7) is 8.61. The Morgan fingerprint density at radius 2 is 1.65 bits per heavy atom. The van der Waals surface area contributed by atoms with Crippen molar-refractivity contribution in [3.63, 3.8) is 0 Å². The van der Waals surface area contributed by atoms with Gasteiger partial charge in [0, 0.05) is 49.3 Å². The van der Waals surface area contributed by atoms with Gasteiger partial charge in [-0.2, -0.15) is 0 Å². The summed E-state index contributed by atoms with van der Waals surface area (Å²) in [5, 5.41) is 13.7. The molecule has 2 aliphatic rings. The second-order valence-electron chi connectivity index (χ2n) is 16.7. The summed E-state index contributed by atoms with van der Waals surface area (Å²) in [6, 6.07) is 37.4. The minimum atomic E-state index is -4.59. The van der Waals surface area contributed by atoms with Gasteiger partial charge in [0.05, 0.1) is 6.20 Å². The number of anilines is 2. The smallest absolute Gasteiger partial charge is 0.0406 e. The number of carbonyl (C=O) groups excluding carboxylic acids is 1. The molecule has 16 heteroatoms. The largest absolute Gasteiger partial charge is 0.0843 e. The van der Waals surface area contributed by atoms with E-state index in [4.69, 9.17) is 16.3 Å². The number of amides is 1. The fourth-order valence-electron chi connectivity index (χ4n) is 7.97. The molecule has 3 heterocycles. The second kappa shape index (κ2) is 20.0. The monoisotopic (exact) mass is 1020 g/mol. The summed E-state index contributed by atoms with van der Waals surface area (Å²) in [7, 11) is -4.59. The molecule has 1 aliphatic heterocycles. The van der Waals surface area contributed by atoms with E-state index in [1.54, 1.807) is 30.5 Å². The van der Waals surface area contributed by atoms with Gasteiger partial charge in [0.1, 0.15) is 5.65 Å². The molecule has 336 valence electrons. The van der Waals surface area contributed by atoms with Gasteiger partial charge in [0.15, 0.2) is 0 Å². The number of allylic oxidation sites excluding steroid dienone is 1. The number of nitro groups is 1. The number of sulfonamides is 1. The molecular formula is C49H48ClIN7O6S-. The first-order chi connectivity index (χ1) is 31.3. The average Bonchev–Trinajstić information content (AvgIpc) is 3.76. The Morgan fingerprint density at radius 1 is 0.923 bits per heavy atom. The Hall–Kier alpha value is -6.01. The van der Waals surface area contributed by atoms with Crippen molar-refractivity contribution >= 4 is 61.2 Å². The number of hydrogen-bond donors (Lipinski definition) is 3. The van der Waals surface area contributed by atoms with Crippen molar-refractivity contribution in [2.24, 2.45) is 5.41 Å². The average molecular weight is 1030 g/mol. The van der Waals surface area contributed by atoms with Gasteiger partial charge in [-0.25, -0.2) is 4.98 Å². The predicted molar refractivity (Wildman–Crippen MR) is 251 cm³/mol. The molecule has 0 spiro atoms. The van der Waals surface area contributed by atoms with Crippen molar-refractivity contribution in [3.8, 4) is 11.5 Å². The number of fused-ring (bicyclic) bond motifs is 1.